The maximum atomic E-state index is 12.5. The molecule has 3 rings (SSSR count). The van der Waals surface area contributed by atoms with Crippen molar-refractivity contribution in [2.75, 3.05) is 11.1 Å². The average molecular weight is 325 g/mol. The minimum atomic E-state index is -0.0790. The Bertz CT molecular complexity index is 549. The van der Waals surface area contributed by atoms with E-state index in [1.165, 1.54) is 0 Å². The van der Waals surface area contributed by atoms with E-state index in [9.17, 15) is 4.79 Å². The van der Waals surface area contributed by atoms with Crippen LogP contribution in [0.1, 0.15) is 13.3 Å². The summed E-state index contributed by atoms with van der Waals surface area (Å²) in [5, 5.41) is 3.08. The zero-order chi connectivity index (χ0) is 14.1. The van der Waals surface area contributed by atoms with Crippen molar-refractivity contribution >= 4 is 35.8 Å². The van der Waals surface area contributed by atoms with Crippen LogP contribution in [0.2, 0.25) is 0 Å². The zero-order valence-electron chi connectivity index (χ0n) is 12.0. The fourth-order valence-corrected chi connectivity index (χ4v) is 4.06. The van der Waals surface area contributed by atoms with Gasteiger partial charge in [0.1, 0.15) is 0 Å². The lowest BCUT2D eigenvalue weighted by atomic mass is 9.88. The highest BCUT2D eigenvalue weighted by Crippen LogP contribution is 2.43. The number of hydrogen-bond acceptors (Lipinski definition) is 3. The van der Waals surface area contributed by atoms with Crippen molar-refractivity contribution in [3.63, 3.8) is 0 Å². The first-order chi connectivity index (χ1) is 9.70. The number of amides is 1. The highest BCUT2D eigenvalue weighted by atomic mass is 35.5. The zero-order valence-corrected chi connectivity index (χ0v) is 13.6. The summed E-state index contributed by atoms with van der Waals surface area (Å²) in [5.41, 5.74) is 7.10. The van der Waals surface area contributed by atoms with Gasteiger partial charge in [-0.1, -0.05) is 31.2 Å². The van der Waals surface area contributed by atoms with Crippen LogP contribution < -0.4 is 11.1 Å². The minimum Gasteiger partial charge on any atom is -0.326 e. The Morgan fingerprint density at radius 2 is 2.05 bits per heavy atom. The molecule has 1 aromatic carbocycles. The molecule has 21 heavy (non-hydrogen) atoms. The molecular weight excluding hydrogens is 304 g/mol. The van der Waals surface area contributed by atoms with Crippen LogP contribution in [0.4, 0.5) is 5.69 Å². The molecule has 1 amide bonds. The summed E-state index contributed by atoms with van der Waals surface area (Å²) in [6.07, 6.45) is 5.36. The molecule has 0 saturated heterocycles. The molecule has 3 nitrogen and oxygen atoms in total. The lowest BCUT2D eigenvalue weighted by molar-refractivity contribution is -0.120. The van der Waals surface area contributed by atoms with Gasteiger partial charge in [-0.2, -0.15) is 0 Å². The standard InChI is InChI=1S/C16H20N2OS.ClH/c1-2-20-13-6-4-3-5-12(13)18-16(19)14-10-7-8-11(9-10)15(14)17;/h3-8,10-11,14-15H,2,9,17H2,1H3,(H,18,19);1H/t10-,11+,14-,15+;/m1./s1. The van der Waals surface area contributed by atoms with E-state index in [0.717, 1.165) is 22.8 Å². The van der Waals surface area contributed by atoms with E-state index in [4.69, 9.17) is 5.73 Å². The molecule has 1 fully saturated rings. The second kappa shape index (κ2) is 6.86. The highest BCUT2D eigenvalue weighted by molar-refractivity contribution is 7.99. The fourth-order valence-electron chi connectivity index (χ4n) is 3.30. The molecule has 0 heterocycles. The Kier molecular flexibility index (Phi) is 5.36. The lowest BCUT2D eigenvalue weighted by Gasteiger charge is -2.24. The lowest BCUT2D eigenvalue weighted by Crippen LogP contribution is -2.41. The van der Waals surface area contributed by atoms with Crippen LogP contribution in [0, 0.1) is 17.8 Å². The average Bonchev–Trinajstić information content (AvgIpc) is 3.02. The van der Waals surface area contributed by atoms with E-state index in [1.807, 2.05) is 24.3 Å². The molecule has 114 valence electrons. The number of carbonyl (C=O) groups is 1. The third kappa shape index (κ3) is 3.12. The third-order valence-corrected chi connectivity index (χ3v) is 5.22. The number of allylic oxidation sites excluding steroid dienone is 1. The van der Waals surface area contributed by atoms with E-state index in [1.54, 1.807) is 11.8 Å². The highest BCUT2D eigenvalue weighted by Gasteiger charge is 2.46. The van der Waals surface area contributed by atoms with Gasteiger partial charge in [-0.3, -0.25) is 4.79 Å². The van der Waals surface area contributed by atoms with Gasteiger partial charge in [0.05, 0.1) is 11.6 Å². The summed E-state index contributed by atoms with van der Waals surface area (Å²) in [6, 6.07) is 7.93. The van der Waals surface area contributed by atoms with Crippen molar-refractivity contribution in [3.8, 4) is 0 Å². The normalized spacial score (nSPS) is 29.2. The summed E-state index contributed by atoms with van der Waals surface area (Å²) in [7, 11) is 0. The maximum Gasteiger partial charge on any atom is 0.229 e. The second-order valence-corrected chi connectivity index (χ2v) is 6.78. The van der Waals surface area contributed by atoms with E-state index in [-0.39, 0.29) is 30.3 Å². The molecule has 0 radical (unpaired) electrons. The van der Waals surface area contributed by atoms with Crippen LogP contribution in [0.5, 0.6) is 0 Å². The molecular formula is C16H21ClN2OS. The molecule has 0 unspecified atom stereocenters. The van der Waals surface area contributed by atoms with E-state index in [0.29, 0.717) is 11.8 Å². The van der Waals surface area contributed by atoms with Crippen molar-refractivity contribution in [3.05, 3.63) is 36.4 Å². The van der Waals surface area contributed by atoms with Crippen molar-refractivity contribution < 1.29 is 4.79 Å². The first-order valence-electron chi connectivity index (χ1n) is 7.17. The van der Waals surface area contributed by atoms with Crippen LogP contribution in [0.3, 0.4) is 0 Å². The molecule has 4 atom stereocenters. The van der Waals surface area contributed by atoms with Crippen LogP contribution in [-0.2, 0) is 4.79 Å². The van der Waals surface area contributed by atoms with Gasteiger partial charge in [-0.05, 0) is 36.1 Å². The quantitative estimate of drug-likeness (QED) is 0.660. The van der Waals surface area contributed by atoms with Gasteiger partial charge >= 0.3 is 0 Å². The van der Waals surface area contributed by atoms with Gasteiger partial charge in [-0.15, -0.1) is 24.2 Å². The van der Waals surface area contributed by atoms with E-state index < -0.39 is 0 Å². The van der Waals surface area contributed by atoms with Gasteiger partial charge < -0.3 is 11.1 Å². The number of halogens is 1. The largest absolute Gasteiger partial charge is 0.326 e. The number of para-hydroxylation sites is 1. The summed E-state index contributed by atoms with van der Waals surface area (Å²) in [4.78, 5) is 13.7. The number of hydrogen-bond donors (Lipinski definition) is 2. The maximum absolute atomic E-state index is 12.5. The topological polar surface area (TPSA) is 55.1 Å². The van der Waals surface area contributed by atoms with Crippen LogP contribution in [0.25, 0.3) is 0 Å². The molecule has 2 bridgehead atoms. The first kappa shape index (κ1) is 16.4. The molecule has 0 aromatic heterocycles. The van der Waals surface area contributed by atoms with Gasteiger partial charge in [0.2, 0.25) is 5.91 Å². The number of rotatable bonds is 4. The predicted octanol–water partition coefficient (Wildman–Crippen LogP) is 3.31. The summed E-state index contributed by atoms with van der Waals surface area (Å²) < 4.78 is 0. The molecule has 1 aromatic rings. The van der Waals surface area contributed by atoms with Gasteiger partial charge in [0.25, 0.3) is 0 Å². The molecule has 2 aliphatic rings. The SMILES string of the molecule is CCSc1ccccc1NC(=O)[C@H]1[C@@H](N)[C@H]2C=C[C@@H]1C2.Cl. The number of benzene rings is 1. The van der Waals surface area contributed by atoms with Crippen LogP contribution in [0.15, 0.2) is 41.3 Å². The van der Waals surface area contributed by atoms with Gasteiger partial charge in [-0.25, -0.2) is 0 Å². The minimum absolute atomic E-state index is 0. The summed E-state index contributed by atoms with van der Waals surface area (Å²) in [5.74, 6) is 1.68. The van der Waals surface area contributed by atoms with Crippen molar-refractivity contribution in [1.29, 1.82) is 0 Å². The second-order valence-electron chi connectivity index (χ2n) is 5.47. The monoisotopic (exact) mass is 324 g/mol. The third-order valence-electron chi connectivity index (χ3n) is 4.27. The number of anilines is 1. The molecule has 3 N–H and O–H groups in total. The Hall–Kier alpha value is -0.970. The van der Waals surface area contributed by atoms with E-state index >= 15 is 0 Å². The Labute approximate surface area is 136 Å². The Balaban J connectivity index is 0.00000161. The molecule has 2 aliphatic carbocycles. The fraction of sp³-hybridized carbons (Fsp3) is 0.438. The molecule has 0 aliphatic heterocycles. The van der Waals surface area contributed by atoms with Crippen molar-refractivity contribution in [2.24, 2.45) is 23.5 Å². The summed E-state index contributed by atoms with van der Waals surface area (Å²) >= 11 is 1.74. The number of carbonyl (C=O) groups excluding carboxylic acids is 1. The Morgan fingerprint density at radius 1 is 1.33 bits per heavy atom. The number of nitrogens with one attached hydrogen (secondary N) is 1. The van der Waals surface area contributed by atoms with Gasteiger partial charge in [0.15, 0.2) is 0 Å². The number of nitrogens with two attached hydrogens (primary N) is 1. The summed E-state index contributed by atoms with van der Waals surface area (Å²) in [6.45, 7) is 2.11. The molecule has 5 heteroatoms. The van der Waals surface area contributed by atoms with Gasteiger partial charge in [0, 0.05) is 10.9 Å². The van der Waals surface area contributed by atoms with Crippen molar-refractivity contribution in [2.45, 2.75) is 24.3 Å². The molecule has 0 spiro atoms. The predicted molar refractivity (Wildman–Crippen MR) is 90.9 cm³/mol. The van der Waals surface area contributed by atoms with E-state index in [2.05, 4.69) is 24.4 Å². The number of fused-ring (bicyclic) bond motifs is 2. The van der Waals surface area contributed by atoms with Crippen LogP contribution >= 0.6 is 24.2 Å². The first-order valence-corrected chi connectivity index (χ1v) is 8.16. The Morgan fingerprint density at radius 3 is 2.71 bits per heavy atom. The van der Waals surface area contributed by atoms with Crippen molar-refractivity contribution in [1.82, 2.24) is 0 Å². The molecule has 1 saturated carbocycles. The van der Waals surface area contributed by atoms with Crippen LogP contribution in [-0.4, -0.2) is 17.7 Å². The number of thioether (sulfide) groups is 1. The smallest absolute Gasteiger partial charge is 0.229 e.